The predicted molar refractivity (Wildman–Crippen MR) is 73.0 cm³/mol. The van der Waals surface area contributed by atoms with Crippen molar-refractivity contribution in [3.8, 4) is 0 Å². The number of anilines is 1. The Morgan fingerprint density at radius 1 is 1.42 bits per heavy atom. The second-order valence-electron chi connectivity index (χ2n) is 5.34. The molecule has 0 aliphatic heterocycles. The van der Waals surface area contributed by atoms with Gasteiger partial charge in [0.05, 0.1) is 0 Å². The Balaban J connectivity index is 1.70. The molecule has 19 heavy (non-hydrogen) atoms. The van der Waals surface area contributed by atoms with Crippen molar-refractivity contribution in [2.24, 2.45) is 22.9 Å². The number of aryl methyl sites for hydroxylation is 1. The van der Waals surface area contributed by atoms with Crippen molar-refractivity contribution in [2.45, 2.75) is 26.7 Å². The zero-order valence-electron chi connectivity index (χ0n) is 11.1. The van der Waals surface area contributed by atoms with E-state index in [1.54, 1.807) is 6.92 Å². The van der Waals surface area contributed by atoms with E-state index in [1.165, 1.54) is 12.8 Å². The van der Waals surface area contributed by atoms with Gasteiger partial charge in [0.15, 0.2) is 0 Å². The first-order chi connectivity index (χ1) is 9.13. The number of rotatable bonds is 3. The van der Waals surface area contributed by atoms with Crippen molar-refractivity contribution in [3.05, 3.63) is 28.2 Å². The number of hydrazone groups is 1. The normalized spacial score (nSPS) is 28.9. The fourth-order valence-electron chi connectivity index (χ4n) is 2.93. The standard InChI is InChI=1S/C13H17N5O/c1-7(11-6-9-3-4-10(11)5-9)15-17-13-14-12(19)8(2)16-18-13/h3-4,9-11H,5-6H2,1-2H3,(H2,14,17,18,19)/t9-,10-,11+/m0/s1. The zero-order chi connectivity index (χ0) is 13.4. The molecule has 100 valence electrons. The molecule has 6 heteroatoms. The van der Waals surface area contributed by atoms with E-state index < -0.39 is 0 Å². The van der Waals surface area contributed by atoms with E-state index in [4.69, 9.17) is 0 Å². The Kier molecular flexibility index (Phi) is 2.93. The molecule has 0 saturated heterocycles. The van der Waals surface area contributed by atoms with Crippen LogP contribution in [0.3, 0.4) is 0 Å². The van der Waals surface area contributed by atoms with Crippen LogP contribution in [0.5, 0.6) is 0 Å². The minimum Gasteiger partial charge on any atom is -0.288 e. The maximum absolute atomic E-state index is 11.4. The molecular formula is C13H17N5O. The smallest absolute Gasteiger partial charge is 0.274 e. The third kappa shape index (κ3) is 2.30. The number of aromatic amines is 1. The molecule has 1 saturated carbocycles. The van der Waals surface area contributed by atoms with Crippen molar-refractivity contribution in [2.75, 3.05) is 5.43 Å². The van der Waals surface area contributed by atoms with Crippen molar-refractivity contribution < 1.29 is 0 Å². The highest BCUT2D eigenvalue weighted by atomic mass is 16.1. The number of hydrogen-bond acceptors (Lipinski definition) is 5. The van der Waals surface area contributed by atoms with Crippen LogP contribution in [0.1, 0.15) is 25.5 Å². The summed E-state index contributed by atoms with van der Waals surface area (Å²) in [4.78, 5) is 14.0. The van der Waals surface area contributed by atoms with Crippen LogP contribution in [0.4, 0.5) is 5.95 Å². The molecule has 0 spiro atoms. The van der Waals surface area contributed by atoms with Crippen LogP contribution >= 0.6 is 0 Å². The van der Waals surface area contributed by atoms with Crippen LogP contribution in [-0.4, -0.2) is 20.9 Å². The summed E-state index contributed by atoms with van der Waals surface area (Å²) in [5.74, 6) is 2.14. The van der Waals surface area contributed by atoms with Crippen molar-refractivity contribution in [1.29, 1.82) is 0 Å². The van der Waals surface area contributed by atoms with Crippen LogP contribution in [0, 0.1) is 24.7 Å². The van der Waals surface area contributed by atoms with Crippen LogP contribution in [0.2, 0.25) is 0 Å². The number of fused-ring (bicyclic) bond motifs is 2. The molecular weight excluding hydrogens is 242 g/mol. The van der Waals surface area contributed by atoms with E-state index >= 15 is 0 Å². The van der Waals surface area contributed by atoms with Gasteiger partial charge in [-0.2, -0.15) is 5.10 Å². The Hall–Kier alpha value is -1.98. The van der Waals surface area contributed by atoms with Gasteiger partial charge in [-0.1, -0.05) is 12.2 Å². The van der Waals surface area contributed by atoms with Gasteiger partial charge in [0, 0.05) is 11.6 Å². The fraction of sp³-hybridized carbons (Fsp3) is 0.538. The molecule has 2 N–H and O–H groups in total. The third-order valence-electron chi connectivity index (χ3n) is 4.01. The van der Waals surface area contributed by atoms with Gasteiger partial charge in [-0.3, -0.25) is 9.78 Å². The quantitative estimate of drug-likeness (QED) is 0.489. The molecule has 6 nitrogen and oxygen atoms in total. The molecule has 3 rings (SSSR count). The maximum atomic E-state index is 11.4. The summed E-state index contributed by atoms with van der Waals surface area (Å²) in [5.41, 5.74) is 3.95. The Morgan fingerprint density at radius 3 is 2.89 bits per heavy atom. The van der Waals surface area contributed by atoms with Crippen molar-refractivity contribution in [3.63, 3.8) is 0 Å². The molecule has 2 bridgehead atoms. The maximum Gasteiger partial charge on any atom is 0.274 e. The molecule has 3 atom stereocenters. The van der Waals surface area contributed by atoms with Gasteiger partial charge >= 0.3 is 0 Å². The van der Waals surface area contributed by atoms with Crippen LogP contribution < -0.4 is 11.0 Å². The van der Waals surface area contributed by atoms with Gasteiger partial charge in [0.25, 0.3) is 5.56 Å². The second-order valence-corrected chi connectivity index (χ2v) is 5.34. The lowest BCUT2D eigenvalue weighted by Crippen LogP contribution is -2.19. The van der Waals surface area contributed by atoms with Gasteiger partial charge in [0.1, 0.15) is 5.69 Å². The van der Waals surface area contributed by atoms with E-state index in [0.29, 0.717) is 17.5 Å². The van der Waals surface area contributed by atoms with Gasteiger partial charge in [-0.15, -0.1) is 10.2 Å². The molecule has 0 aromatic carbocycles. The summed E-state index contributed by atoms with van der Waals surface area (Å²) in [7, 11) is 0. The Labute approximate surface area is 111 Å². The zero-order valence-corrected chi connectivity index (χ0v) is 11.1. The van der Waals surface area contributed by atoms with Gasteiger partial charge in [-0.05, 0) is 38.5 Å². The molecule has 1 fully saturated rings. The first kappa shape index (κ1) is 12.1. The SMILES string of the molecule is CC(=NNc1nnc(C)c(=O)[nH]1)[C@H]1C[C@H]2C=C[C@H]1C2. The van der Waals surface area contributed by atoms with Gasteiger partial charge in [-0.25, -0.2) is 5.43 Å². The molecule has 2 aliphatic rings. The van der Waals surface area contributed by atoms with E-state index in [-0.39, 0.29) is 11.5 Å². The monoisotopic (exact) mass is 259 g/mol. The summed E-state index contributed by atoms with van der Waals surface area (Å²) >= 11 is 0. The van der Waals surface area contributed by atoms with Crippen molar-refractivity contribution in [1.82, 2.24) is 15.2 Å². The predicted octanol–water partition coefficient (Wildman–Crippen LogP) is 1.47. The van der Waals surface area contributed by atoms with E-state index in [1.807, 2.05) is 6.92 Å². The average Bonchev–Trinajstić information content (AvgIpc) is 3.02. The molecule has 0 unspecified atom stereocenters. The minimum atomic E-state index is -0.242. The molecule has 0 amide bonds. The molecule has 1 aromatic heterocycles. The van der Waals surface area contributed by atoms with Crippen LogP contribution in [0.15, 0.2) is 22.0 Å². The molecule has 2 aliphatic carbocycles. The second kappa shape index (κ2) is 4.60. The van der Waals surface area contributed by atoms with E-state index in [2.05, 4.69) is 37.9 Å². The highest BCUT2D eigenvalue weighted by Gasteiger charge is 2.37. The lowest BCUT2D eigenvalue weighted by atomic mass is 9.90. The Morgan fingerprint density at radius 2 is 2.26 bits per heavy atom. The fourth-order valence-corrected chi connectivity index (χ4v) is 2.93. The van der Waals surface area contributed by atoms with Crippen LogP contribution in [0.25, 0.3) is 0 Å². The summed E-state index contributed by atoms with van der Waals surface area (Å²) in [6, 6.07) is 0. The highest BCUT2D eigenvalue weighted by molar-refractivity contribution is 5.86. The van der Waals surface area contributed by atoms with Gasteiger partial charge < -0.3 is 0 Å². The van der Waals surface area contributed by atoms with E-state index in [9.17, 15) is 4.79 Å². The average molecular weight is 259 g/mol. The number of hydrogen-bond donors (Lipinski definition) is 2. The molecule has 0 radical (unpaired) electrons. The summed E-state index contributed by atoms with van der Waals surface area (Å²) in [6.07, 6.45) is 7.03. The number of H-pyrrole nitrogens is 1. The molecule has 1 aromatic rings. The first-order valence-corrected chi connectivity index (χ1v) is 6.55. The molecule has 1 heterocycles. The highest BCUT2D eigenvalue weighted by Crippen LogP contribution is 2.43. The number of allylic oxidation sites excluding steroid dienone is 2. The summed E-state index contributed by atoms with van der Waals surface area (Å²) in [5, 5.41) is 11.9. The Bertz CT molecular complexity index is 603. The third-order valence-corrected chi connectivity index (χ3v) is 4.01. The lowest BCUT2D eigenvalue weighted by Gasteiger charge is -2.17. The van der Waals surface area contributed by atoms with Crippen LogP contribution in [-0.2, 0) is 0 Å². The summed E-state index contributed by atoms with van der Waals surface area (Å²) in [6.45, 7) is 3.64. The van der Waals surface area contributed by atoms with E-state index in [0.717, 1.165) is 11.6 Å². The summed E-state index contributed by atoms with van der Waals surface area (Å²) < 4.78 is 0. The number of nitrogens with one attached hydrogen (secondary N) is 2. The number of nitrogens with zero attached hydrogens (tertiary/aromatic N) is 3. The largest absolute Gasteiger partial charge is 0.288 e. The minimum absolute atomic E-state index is 0.242. The van der Waals surface area contributed by atoms with Crippen molar-refractivity contribution >= 4 is 11.7 Å². The first-order valence-electron chi connectivity index (χ1n) is 6.55. The topological polar surface area (TPSA) is 83.0 Å². The lowest BCUT2D eigenvalue weighted by molar-refractivity contribution is 0.581. The number of aromatic nitrogens is 3. The van der Waals surface area contributed by atoms with Gasteiger partial charge in [0.2, 0.25) is 5.95 Å².